The molecule has 22 heavy (non-hydrogen) atoms. The number of tetrazole rings is 1. The Balaban J connectivity index is 1.70. The molecule has 1 aromatic carbocycles. The third-order valence-corrected chi connectivity index (χ3v) is 4.06. The molecule has 112 valence electrons. The van der Waals surface area contributed by atoms with Crippen molar-refractivity contribution in [1.29, 1.82) is 0 Å². The Bertz CT molecular complexity index is 791. The lowest BCUT2D eigenvalue weighted by atomic mass is 9.82. The summed E-state index contributed by atoms with van der Waals surface area (Å²) < 4.78 is 26.9. The first-order valence-corrected chi connectivity index (χ1v) is 6.96. The van der Waals surface area contributed by atoms with Crippen LogP contribution in [-0.2, 0) is 12.8 Å². The van der Waals surface area contributed by atoms with E-state index in [0.717, 1.165) is 30.2 Å². The van der Waals surface area contributed by atoms with Crippen LogP contribution in [0.5, 0.6) is 0 Å². The van der Waals surface area contributed by atoms with E-state index in [0.29, 0.717) is 23.5 Å². The van der Waals surface area contributed by atoms with Gasteiger partial charge in [0.15, 0.2) is 0 Å². The minimum atomic E-state index is -0.550. The summed E-state index contributed by atoms with van der Waals surface area (Å²) in [5.41, 5.74) is 3.32. The van der Waals surface area contributed by atoms with Crippen molar-refractivity contribution in [3.05, 3.63) is 46.7 Å². The van der Waals surface area contributed by atoms with Gasteiger partial charge in [0.1, 0.15) is 17.3 Å². The van der Waals surface area contributed by atoms with Crippen molar-refractivity contribution in [2.24, 2.45) is 0 Å². The van der Waals surface area contributed by atoms with E-state index in [1.165, 1.54) is 12.1 Å². The molecule has 0 spiro atoms. The second-order valence-electron chi connectivity index (χ2n) is 5.41. The summed E-state index contributed by atoms with van der Waals surface area (Å²) in [5.74, 6) is -0.637. The molecule has 2 N–H and O–H groups in total. The minimum absolute atomic E-state index is 0.0425. The lowest BCUT2D eigenvalue weighted by Crippen LogP contribution is -2.13. The first kappa shape index (κ1) is 13.1. The molecule has 1 unspecified atom stereocenters. The molecule has 0 aliphatic heterocycles. The summed E-state index contributed by atoms with van der Waals surface area (Å²) in [5, 5.41) is 21.1. The second kappa shape index (κ2) is 4.97. The number of nitrogens with one attached hydrogen (secondary N) is 2. The Hall–Kier alpha value is -2.64. The van der Waals surface area contributed by atoms with Gasteiger partial charge in [0, 0.05) is 17.3 Å². The number of benzene rings is 1. The van der Waals surface area contributed by atoms with Gasteiger partial charge in [0.05, 0.1) is 0 Å². The minimum Gasteiger partial charge on any atom is -0.282 e. The van der Waals surface area contributed by atoms with Gasteiger partial charge in [-0.15, -0.1) is 10.2 Å². The number of aromatic amines is 2. The molecule has 2 heterocycles. The van der Waals surface area contributed by atoms with Gasteiger partial charge in [0.25, 0.3) is 0 Å². The van der Waals surface area contributed by atoms with Gasteiger partial charge < -0.3 is 0 Å². The zero-order valence-corrected chi connectivity index (χ0v) is 11.5. The normalized spacial score (nSPS) is 17.5. The number of hydrogen-bond donors (Lipinski definition) is 2. The van der Waals surface area contributed by atoms with Crippen molar-refractivity contribution >= 4 is 0 Å². The fourth-order valence-corrected chi connectivity index (χ4v) is 3.04. The van der Waals surface area contributed by atoms with Crippen molar-refractivity contribution in [3.8, 4) is 11.5 Å². The van der Waals surface area contributed by atoms with E-state index < -0.39 is 11.6 Å². The number of hydrogen-bond acceptors (Lipinski definition) is 4. The average molecular weight is 302 g/mol. The first-order chi connectivity index (χ1) is 10.7. The Labute approximate surface area is 124 Å². The zero-order chi connectivity index (χ0) is 15.1. The maximum Gasteiger partial charge on any atom is 0.225 e. The highest BCUT2D eigenvalue weighted by atomic mass is 19.1. The quantitative estimate of drug-likeness (QED) is 0.759. The number of aryl methyl sites for hydroxylation is 1. The van der Waals surface area contributed by atoms with Crippen molar-refractivity contribution in [3.63, 3.8) is 0 Å². The maximum absolute atomic E-state index is 13.4. The summed E-state index contributed by atoms with van der Waals surface area (Å²) in [6.45, 7) is 0. The molecule has 1 aliphatic rings. The van der Waals surface area contributed by atoms with Gasteiger partial charge in [-0.2, -0.15) is 10.3 Å². The standard InChI is InChI=1S/C14H12F2N6/c15-9-3-8(4-10(16)6-9)7-1-2-12-11(5-7)13(18-17-12)14-19-21-22-20-14/h3-4,6-7H,1-2,5H2,(H,17,18)(H,19,20,21,22). The molecule has 0 saturated carbocycles. The molecule has 4 rings (SSSR count). The van der Waals surface area contributed by atoms with Gasteiger partial charge in [-0.3, -0.25) is 5.10 Å². The number of H-pyrrole nitrogens is 2. The van der Waals surface area contributed by atoms with Crippen molar-refractivity contribution in [1.82, 2.24) is 30.8 Å². The number of aromatic nitrogens is 6. The molecule has 0 saturated heterocycles. The van der Waals surface area contributed by atoms with Crippen LogP contribution in [0.15, 0.2) is 18.2 Å². The SMILES string of the molecule is Fc1cc(F)cc(C2CCc3[nH]nc(-c4nn[nH]n4)c3C2)c1. The number of fused-ring (bicyclic) bond motifs is 1. The fourth-order valence-electron chi connectivity index (χ4n) is 3.04. The van der Waals surface area contributed by atoms with Crippen LogP contribution in [0.2, 0.25) is 0 Å². The monoisotopic (exact) mass is 302 g/mol. The van der Waals surface area contributed by atoms with Crippen LogP contribution >= 0.6 is 0 Å². The van der Waals surface area contributed by atoms with E-state index in [-0.39, 0.29) is 5.92 Å². The van der Waals surface area contributed by atoms with Crippen LogP contribution in [0.4, 0.5) is 8.78 Å². The van der Waals surface area contributed by atoms with Crippen molar-refractivity contribution in [2.45, 2.75) is 25.2 Å². The Morgan fingerprint density at radius 2 is 1.91 bits per heavy atom. The zero-order valence-electron chi connectivity index (χ0n) is 11.5. The van der Waals surface area contributed by atoms with Gasteiger partial charge >= 0.3 is 0 Å². The van der Waals surface area contributed by atoms with Crippen LogP contribution in [0, 0.1) is 11.6 Å². The highest BCUT2D eigenvalue weighted by Crippen LogP contribution is 2.36. The average Bonchev–Trinajstić information content (AvgIpc) is 3.14. The largest absolute Gasteiger partial charge is 0.282 e. The van der Waals surface area contributed by atoms with Crippen molar-refractivity contribution < 1.29 is 8.78 Å². The highest BCUT2D eigenvalue weighted by Gasteiger charge is 2.27. The van der Waals surface area contributed by atoms with E-state index in [1.807, 2.05) is 0 Å². The third-order valence-electron chi connectivity index (χ3n) is 4.06. The van der Waals surface area contributed by atoms with Gasteiger partial charge in [-0.05, 0) is 48.1 Å². The van der Waals surface area contributed by atoms with Gasteiger partial charge in [-0.25, -0.2) is 8.78 Å². The molecule has 1 atom stereocenters. The summed E-state index contributed by atoms with van der Waals surface area (Å²) in [6, 6.07) is 3.68. The lowest BCUT2D eigenvalue weighted by molar-refractivity contribution is 0.548. The van der Waals surface area contributed by atoms with Crippen LogP contribution in [0.3, 0.4) is 0 Å². The van der Waals surface area contributed by atoms with Crippen LogP contribution < -0.4 is 0 Å². The van der Waals surface area contributed by atoms with E-state index in [1.54, 1.807) is 0 Å². The summed E-state index contributed by atoms with van der Waals surface area (Å²) in [4.78, 5) is 0. The topological polar surface area (TPSA) is 83.1 Å². The summed E-state index contributed by atoms with van der Waals surface area (Å²) in [6.07, 6.45) is 2.21. The van der Waals surface area contributed by atoms with Crippen LogP contribution in [-0.4, -0.2) is 30.8 Å². The predicted octanol–water partition coefficient (Wildman–Crippen LogP) is 2.14. The Morgan fingerprint density at radius 1 is 1.09 bits per heavy atom. The smallest absolute Gasteiger partial charge is 0.225 e. The van der Waals surface area contributed by atoms with E-state index in [2.05, 4.69) is 30.8 Å². The van der Waals surface area contributed by atoms with E-state index in [4.69, 9.17) is 0 Å². The van der Waals surface area contributed by atoms with Crippen LogP contribution in [0.1, 0.15) is 29.2 Å². The molecule has 0 fully saturated rings. The number of rotatable bonds is 2. The third kappa shape index (κ3) is 2.16. The van der Waals surface area contributed by atoms with E-state index >= 15 is 0 Å². The number of halogens is 2. The molecular weight excluding hydrogens is 290 g/mol. The molecule has 6 nitrogen and oxygen atoms in total. The molecule has 0 amide bonds. The van der Waals surface area contributed by atoms with E-state index in [9.17, 15) is 8.78 Å². The second-order valence-corrected chi connectivity index (χ2v) is 5.41. The van der Waals surface area contributed by atoms with Crippen molar-refractivity contribution in [2.75, 3.05) is 0 Å². The maximum atomic E-state index is 13.4. The fraction of sp³-hybridized carbons (Fsp3) is 0.286. The predicted molar refractivity (Wildman–Crippen MR) is 72.9 cm³/mol. The summed E-state index contributed by atoms with van der Waals surface area (Å²) >= 11 is 0. The van der Waals surface area contributed by atoms with Gasteiger partial charge in [-0.1, -0.05) is 0 Å². The summed E-state index contributed by atoms with van der Waals surface area (Å²) in [7, 11) is 0. The molecule has 0 radical (unpaired) electrons. The molecule has 1 aliphatic carbocycles. The number of nitrogens with zero attached hydrogens (tertiary/aromatic N) is 4. The van der Waals surface area contributed by atoms with Crippen LogP contribution in [0.25, 0.3) is 11.5 Å². The molecule has 2 aromatic heterocycles. The lowest BCUT2D eigenvalue weighted by Gasteiger charge is -2.22. The highest BCUT2D eigenvalue weighted by molar-refractivity contribution is 5.56. The Morgan fingerprint density at radius 3 is 2.64 bits per heavy atom. The molecule has 0 bridgehead atoms. The first-order valence-electron chi connectivity index (χ1n) is 6.96. The van der Waals surface area contributed by atoms with Gasteiger partial charge in [0.2, 0.25) is 5.82 Å². The molecule has 3 aromatic rings. The molecular formula is C14H12F2N6. The Kier molecular flexibility index (Phi) is 2.95. The molecule has 8 heteroatoms.